The van der Waals surface area contributed by atoms with E-state index in [9.17, 15) is 14.7 Å². The first kappa shape index (κ1) is 23.2. The Morgan fingerprint density at radius 1 is 1.07 bits per heavy atom. The summed E-state index contributed by atoms with van der Waals surface area (Å²) < 4.78 is 5.21. The molecule has 0 unspecified atom stereocenters. The SMILES string of the molecule is CCCCCCC[C@@H](O)CCC(=O)O[C@@H](C)C(=O)Nc1c(C)cccc1C. The lowest BCUT2D eigenvalue weighted by molar-refractivity contribution is -0.153. The number of carbonyl (C=O) groups is 2. The van der Waals surface area contributed by atoms with Crippen LogP contribution in [0.3, 0.4) is 0 Å². The first-order valence-corrected chi connectivity index (χ1v) is 10.1. The predicted molar refractivity (Wildman–Crippen MR) is 109 cm³/mol. The Labute approximate surface area is 163 Å². The monoisotopic (exact) mass is 377 g/mol. The second kappa shape index (κ2) is 12.5. The van der Waals surface area contributed by atoms with Gasteiger partial charge in [-0.15, -0.1) is 0 Å². The zero-order valence-corrected chi connectivity index (χ0v) is 17.2. The highest BCUT2D eigenvalue weighted by Gasteiger charge is 2.19. The summed E-state index contributed by atoms with van der Waals surface area (Å²) in [5, 5.41) is 12.8. The molecule has 0 aliphatic heterocycles. The lowest BCUT2D eigenvalue weighted by atomic mass is 10.0. The Bertz CT molecular complexity index is 580. The van der Waals surface area contributed by atoms with Crippen LogP contribution in [0, 0.1) is 13.8 Å². The highest BCUT2D eigenvalue weighted by atomic mass is 16.5. The second-order valence-electron chi connectivity index (χ2n) is 7.28. The van der Waals surface area contributed by atoms with Crippen LogP contribution in [0.4, 0.5) is 5.69 Å². The molecule has 27 heavy (non-hydrogen) atoms. The number of ether oxygens (including phenoxy) is 1. The van der Waals surface area contributed by atoms with Gasteiger partial charge in [-0.25, -0.2) is 0 Å². The maximum atomic E-state index is 12.3. The van der Waals surface area contributed by atoms with Gasteiger partial charge in [0.25, 0.3) is 5.91 Å². The molecular weight excluding hydrogens is 342 g/mol. The van der Waals surface area contributed by atoms with Crippen LogP contribution >= 0.6 is 0 Å². The van der Waals surface area contributed by atoms with E-state index in [4.69, 9.17) is 4.74 Å². The number of aryl methyl sites for hydroxylation is 2. The molecule has 1 rings (SSSR count). The lowest BCUT2D eigenvalue weighted by Crippen LogP contribution is -2.30. The summed E-state index contributed by atoms with van der Waals surface area (Å²) in [5.74, 6) is -0.804. The molecule has 0 fully saturated rings. The van der Waals surface area contributed by atoms with E-state index in [0.29, 0.717) is 12.8 Å². The van der Waals surface area contributed by atoms with Crippen molar-refractivity contribution in [3.8, 4) is 0 Å². The predicted octanol–water partition coefficient (Wildman–Crippen LogP) is 4.68. The summed E-state index contributed by atoms with van der Waals surface area (Å²) in [6.45, 7) is 7.57. The zero-order chi connectivity index (χ0) is 20.2. The summed E-state index contributed by atoms with van der Waals surface area (Å²) in [7, 11) is 0. The van der Waals surface area contributed by atoms with Gasteiger partial charge in [0, 0.05) is 12.1 Å². The third kappa shape index (κ3) is 9.05. The number of esters is 1. The number of anilines is 1. The molecule has 152 valence electrons. The van der Waals surface area contributed by atoms with E-state index in [0.717, 1.165) is 29.7 Å². The van der Waals surface area contributed by atoms with Crippen molar-refractivity contribution in [2.45, 2.75) is 91.3 Å². The van der Waals surface area contributed by atoms with Gasteiger partial charge in [-0.2, -0.15) is 0 Å². The quantitative estimate of drug-likeness (QED) is 0.410. The average Bonchev–Trinajstić information content (AvgIpc) is 2.62. The van der Waals surface area contributed by atoms with Crippen molar-refractivity contribution in [2.24, 2.45) is 0 Å². The second-order valence-corrected chi connectivity index (χ2v) is 7.28. The van der Waals surface area contributed by atoms with Crippen LogP contribution < -0.4 is 5.32 Å². The standard InChI is InChI=1S/C22H35NO4/c1-5-6-7-8-9-13-19(24)14-15-20(25)27-18(4)22(26)23-21-16(2)11-10-12-17(21)3/h10-12,18-19,24H,5-9,13-15H2,1-4H3,(H,23,26)/t18-,19+/m0/s1. The number of hydrogen-bond acceptors (Lipinski definition) is 4. The Hall–Kier alpha value is -1.88. The van der Waals surface area contributed by atoms with Crippen LogP contribution in [-0.4, -0.2) is 29.2 Å². The first-order valence-electron chi connectivity index (χ1n) is 10.1. The molecule has 0 aliphatic carbocycles. The fourth-order valence-corrected chi connectivity index (χ4v) is 2.96. The molecular formula is C22H35NO4. The Morgan fingerprint density at radius 3 is 2.33 bits per heavy atom. The summed E-state index contributed by atoms with van der Waals surface area (Å²) >= 11 is 0. The molecule has 0 aliphatic rings. The number of rotatable bonds is 12. The molecule has 0 saturated heterocycles. The normalized spacial score (nSPS) is 13.1. The van der Waals surface area contributed by atoms with Crippen molar-refractivity contribution in [1.29, 1.82) is 0 Å². The number of nitrogens with one attached hydrogen (secondary N) is 1. The van der Waals surface area contributed by atoms with Crippen LogP contribution in [0.1, 0.15) is 76.3 Å². The van der Waals surface area contributed by atoms with Crippen molar-refractivity contribution < 1.29 is 19.4 Å². The Balaban J connectivity index is 2.31. The van der Waals surface area contributed by atoms with E-state index < -0.39 is 18.2 Å². The van der Waals surface area contributed by atoms with Gasteiger partial charge < -0.3 is 15.2 Å². The minimum atomic E-state index is -0.873. The minimum absolute atomic E-state index is 0.122. The van der Waals surface area contributed by atoms with E-state index in [1.807, 2.05) is 32.0 Å². The number of para-hydroxylation sites is 1. The third-order valence-electron chi connectivity index (χ3n) is 4.73. The third-order valence-corrected chi connectivity index (χ3v) is 4.73. The molecule has 5 nitrogen and oxygen atoms in total. The molecule has 0 spiro atoms. The van der Waals surface area contributed by atoms with E-state index in [1.165, 1.54) is 19.3 Å². The van der Waals surface area contributed by atoms with Crippen molar-refractivity contribution >= 4 is 17.6 Å². The Morgan fingerprint density at radius 2 is 1.70 bits per heavy atom. The highest BCUT2D eigenvalue weighted by molar-refractivity contribution is 5.96. The van der Waals surface area contributed by atoms with E-state index >= 15 is 0 Å². The maximum Gasteiger partial charge on any atom is 0.306 e. The number of aliphatic hydroxyl groups excluding tert-OH is 1. The van der Waals surface area contributed by atoms with Crippen molar-refractivity contribution in [2.75, 3.05) is 5.32 Å². The zero-order valence-electron chi connectivity index (χ0n) is 17.2. The number of aliphatic hydroxyl groups is 1. The van der Waals surface area contributed by atoms with Gasteiger partial charge in [0.05, 0.1) is 6.10 Å². The molecule has 0 bridgehead atoms. The van der Waals surface area contributed by atoms with Gasteiger partial charge >= 0.3 is 5.97 Å². The van der Waals surface area contributed by atoms with Crippen LogP contribution in [0.5, 0.6) is 0 Å². The van der Waals surface area contributed by atoms with Crippen LogP contribution in [0.2, 0.25) is 0 Å². The number of unbranched alkanes of at least 4 members (excludes halogenated alkanes) is 4. The molecule has 1 aromatic rings. The van der Waals surface area contributed by atoms with E-state index in [2.05, 4.69) is 12.2 Å². The highest BCUT2D eigenvalue weighted by Crippen LogP contribution is 2.20. The van der Waals surface area contributed by atoms with E-state index in [1.54, 1.807) is 6.92 Å². The molecule has 1 amide bonds. The summed E-state index contributed by atoms with van der Waals surface area (Å²) in [6.07, 6.45) is 5.55. The number of amides is 1. The van der Waals surface area contributed by atoms with E-state index in [-0.39, 0.29) is 12.3 Å². The topological polar surface area (TPSA) is 75.6 Å². The van der Waals surface area contributed by atoms with Gasteiger partial charge in [0.15, 0.2) is 6.10 Å². The van der Waals surface area contributed by atoms with Gasteiger partial charge in [0.1, 0.15) is 0 Å². The van der Waals surface area contributed by atoms with Crippen molar-refractivity contribution in [1.82, 2.24) is 0 Å². The summed E-state index contributed by atoms with van der Waals surface area (Å²) in [5.41, 5.74) is 2.68. The van der Waals surface area contributed by atoms with Gasteiger partial charge in [-0.3, -0.25) is 9.59 Å². The molecule has 5 heteroatoms. The molecule has 2 N–H and O–H groups in total. The number of carbonyl (C=O) groups excluding carboxylic acids is 2. The van der Waals surface area contributed by atoms with Gasteiger partial charge in [-0.1, -0.05) is 57.2 Å². The van der Waals surface area contributed by atoms with Gasteiger partial charge in [-0.05, 0) is 44.7 Å². The van der Waals surface area contributed by atoms with Crippen LogP contribution in [0.15, 0.2) is 18.2 Å². The Kier molecular flexibility index (Phi) is 10.7. The van der Waals surface area contributed by atoms with Crippen molar-refractivity contribution in [3.63, 3.8) is 0 Å². The summed E-state index contributed by atoms with van der Waals surface area (Å²) in [6, 6.07) is 5.77. The van der Waals surface area contributed by atoms with Crippen molar-refractivity contribution in [3.05, 3.63) is 29.3 Å². The number of hydrogen-bond donors (Lipinski definition) is 2. The maximum absolute atomic E-state index is 12.3. The molecule has 0 aromatic heterocycles. The largest absolute Gasteiger partial charge is 0.453 e. The van der Waals surface area contributed by atoms with Crippen LogP contribution in [0.25, 0.3) is 0 Å². The first-order chi connectivity index (χ1) is 12.8. The average molecular weight is 378 g/mol. The molecule has 0 radical (unpaired) electrons. The molecule has 0 heterocycles. The molecule has 0 saturated carbocycles. The minimum Gasteiger partial charge on any atom is -0.453 e. The number of benzene rings is 1. The fraction of sp³-hybridized carbons (Fsp3) is 0.636. The van der Waals surface area contributed by atoms with Crippen LogP contribution in [-0.2, 0) is 14.3 Å². The van der Waals surface area contributed by atoms with Gasteiger partial charge in [0.2, 0.25) is 0 Å². The fourth-order valence-electron chi connectivity index (χ4n) is 2.96. The molecule has 1 aromatic carbocycles. The lowest BCUT2D eigenvalue weighted by Gasteiger charge is -2.16. The molecule has 2 atom stereocenters. The summed E-state index contributed by atoms with van der Waals surface area (Å²) in [4.78, 5) is 24.2. The smallest absolute Gasteiger partial charge is 0.306 e.